The normalized spacial score (nSPS) is 29.0. The van der Waals surface area contributed by atoms with Crippen molar-refractivity contribution in [3.8, 4) is 0 Å². The molecule has 0 radical (unpaired) electrons. The predicted octanol–water partition coefficient (Wildman–Crippen LogP) is 0.0744. The molecule has 1 aliphatic rings. The molecule has 0 aliphatic carbocycles. The minimum atomic E-state index is -0.868. The number of carbonyl (C=O) groups excluding carboxylic acids is 1. The molecule has 1 N–H and O–H groups in total. The summed E-state index contributed by atoms with van der Waals surface area (Å²) < 4.78 is 4.63. The second-order valence-corrected chi connectivity index (χ2v) is 2.18. The van der Waals surface area contributed by atoms with Gasteiger partial charge in [0.25, 0.3) is 0 Å². The van der Waals surface area contributed by atoms with Crippen molar-refractivity contribution in [3.05, 3.63) is 0 Å². The second kappa shape index (κ2) is 2.82. The van der Waals surface area contributed by atoms with E-state index >= 15 is 0 Å². The van der Waals surface area contributed by atoms with Gasteiger partial charge >= 0.3 is 5.97 Å². The quantitative estimate of drug-likeness (QED) is 0.472. The highest BCUT2D eigenvalue weighted by atomic mass is 16.5. The van der Waals surface area contributed by atoms with Gasteiger partial charge in [-0.25, -0.2) is 4.79 Å². The van der Waals surface area contributed by atoms with Gasteiger partial charge in [-0.05, 0) is 19.3 Å². The Morgan fingerprint density at radius 1 is 1.56 bits per heavy atom. The molecular weight excluding hydrogens is 120 g/mol. The fourth-order valence-corrected chi connectivity index (χ4v) is 0.827. The molecule has 0 aromatic heterocycles. The van der Waals surface area contributed by atoms with Crippen molar-refractivity contribution >= 4 is 5.97 Å². The number of carbonyl (C=O) groups is 1. The number of hydrogen-bond donors (Lipinski definition) is 1. The van der Waals surface area contributed by atoms with Crippen LogP contribution in [0, 0.1) is 0 Å². The van der Waals surface area contributed by atoms with Crippen molar-refractivity contribution in [2.24, 2.45) is 0 Å². The first-order valence-electron chi connectivity index (χ1n) is 3.15. The van der Waals surface area contributed by atoms with Crippen molar-refractivity contribution < 1.29 is 14.6 Å². The number of aliphatic hydroxyl groups excluding tert-OH is 1. The lowest BCUT2D eigenvalue weighted by atomic mass is 10.2. The molecular formula is C6H10O3. The maximum absolute atomic E-state index is 10.5. The van der Waals surface area contributed by atoms with Crippen molar-refractivity contribution in [1.29, 1.82) is 0 Å². The zero-order chi connectivity index (χ0) is 6.69. The molecule has 9 heavy (non-hydrogen) atoms. The third kappa shape index (κ3) is 1.68. The van der Waals surface area contributed by atoms with E-state index in [9.17, 15) is 4.79 Å². The highest BCUT2D eigenvalue weighted by Crippen LogP contribution is 2.07. The maximum atomic E-state index is 10.5. The molecule has 0 aromatic rings. The molecule has 1 heterocycles. The van der Waals surface area contributed by atoms with E-state index in [1.165, 1.54) is 0 Å². The summed E-state index contributed by atoms with van der Waals surface area (Å²) in [4.78, 5) is 10.5. The van der Waals surface area contributed by atoms with Gasteiger partial charge in [0.2, 0.25) is 0 Å². The summed E-state index contributed by atoms with van der Waals surface area (Å²) >= 11 is 0. The Balaban J connectivity index is 2.41. The fourth-order valence-electron chi connectivity index (χ4n) is 0.827. The highest BCUT2D eigenvalue weighted by Gasteiger charge is 2.18. The van der Waals surface area contributed by atoms with Crippen LogP contribution in [0.2, 0.25) is 0 Å². The Bertz CT molecular complexity index is 111. The van der Waals surface area contributed by atoms with Gasteiger partial charge in [-0.3, -0.25) is 0 Å². The number of rotatable bonds is 0. The highest BCUT2D eigenvalue weighted by molar-refractivity contribution is 5.74. The monoisotopic (exact) mass is 130 g/mol. The van der Waals surface area contributed by atoms with Crippen LogP contribution in [0.1, 0.15) is 19.3 Å². The zero-order valence-electron chi connectivity index (χ0n) is 5.17. The molecule has 0 spiro atoms. The van der Waals surface area contributed by atoms with Crippen LogP contribution in [0.25, 0.3) is 0 Å². The summed E-state index contributed by atoms with van der Waals surface area (Å²) in [5, 5.41) is 8.88. The summed E-state index contributed by atoms with van der Waals surface area (Å²) in [7, 11) is 0. The van der Waals surface area contributed by atoms with E-state index in [4.69, 9.17) is 5.11 Å². The Morgan fingerprint density at radius 3 is 3.11 bits per heavy atom. The zero-order valence-corrected chi connectivity index (χ0v) is 5.17. The van der Waals surface area contributed by atoms with Gasteiger partial charge in [0, 0.05) is 0 Å². The lowest BCUT2D eigenvalue weighted by molar-refractivity contribution is -0.152. The standard InChI is InChI=1S/C6H10O3/c7-5-3-1-2-4-9-6(5)8/h5,7H,1-4H2/t5-/m0/s1. The van der Waals surface area contributed by atoms with E-state index in [1.54, 1.807) is 0 Å². The van der Waals surface area contributed by atoms with E-state index in [-0.39, 0.29) is 0 Å². The summed E-state index contributed by atoms with van der Waals surface area (Å²) in [5.41, 5.74) is 0. The summed E-state index contributed by atoms with van der Waals surface area (Å²) in [6, 6.07) is 0. The maximum Gasteiger partial charge on any atom is 0.334 e. The molecule has 0 unspecified atom stereocenters. The van der Waals surface area contributed by atoms with Crippen LogP contribution in [0.4, 0.5) is 0 Å². The van der Waals surface area contributed by atoms with Gasteiger partial charge < -0.3 is 9.84 Å². The number of ether oxygens (including phenoxy) is 1. The Morgan fingerprint density at radius 2 is 2.33 bits per heavy atom. The van der Waals surface area contributed by atoms with E-state index in [2.05, 4.69) is 4.74 Å². The lowest BCUT2D eigenvalue weighted by Crippen LogP contribution is -2.20. The van der Waals surface area contributed by atoms with Gasteiger partial charge in [-0.1, -0.05) is 0 Å². The molecule has 0 amide bonds. The van der Waals surface area contributed by atoms with Gasteiger partial charge in [-0.2, -0.15) is 0 Å². The molecule has 3 heteroatoms. The lowest BCUT2D eigenvalue weighted by Gasteiger charge is -2.01. The van der Waals surface area contributed by atoms with Crippen molar-refractivity contribution in [2.45, 2.75) is 25.4 Å². The van der Waals surface area contributed by atoms with E-state index in [0.29, 0.717) is 13.0 Å². The average Bonchev–Trinajstić information content (AvgIpc) is 1.99. The summed E-state index contributed by atoms with van der Waals surface area (Å²) in [5.74, 6) is -0.465. The number of aliphatic hydroxyl groups is 1. The van der Waals surface area contributed by atoms with Gasteiger partial charge in [0.15, 0.2) is 6.10 Å². The van der Waals surface area contributed by atoms with Crippen LogP contribution in [0.15, 0.2) is 0 Å². The number of cyclic esters (lactones) is 1. The van der Waals surface area contributed by atoms with Crippen molar-refractivity contribution in [2.75, 3.05) is 6.61 Å². The Hall–Kier alpha value is -0.570. The third-order valence-corrected chi connectivity index (χ3v) is 1.39. The topological polar surface area (TPSA) is 46.5 Å². The van der Waals surface area contributed by atoms with Crippen LogP contribution in [-0.2, 0) is 9.53 Å². The SMILES string of the molecule is O=C1OCCCC[C@@H]1O. The minimum absolute atomic E-state index is 0.465. The van der Waals surface area contributed by atoms with Gasteiger partial charge in [0.05, 0.1) is 6.61 Å². The molecule has 0 bridgehead atoms. The molecule has 1 aliphatic heterocycles. The molecule has 1 fully saturated rings. The molecule has 1 atom stereocenters. The smallest absolute Gasteiger partial charge is 0.334 e. The average molecular weight is 130 g/mol. The molecule has 1 rings (SSSR count). The second-order valence-electron chi connectivity index (χ2n) is 2.18. The molecule has 1 saturated heterocycles. The third-order valence-electron chi connectivity index (χ3n) is 1.39. The van der Waals surface area contributed by atoms with Crippen LogP contribution in [0.3, 0.4) is 0 Å². The summed E-state index contributed by atoms with van der Waals surface area (Å²) in [6.07, 6.45) is 1.45. The molecule has 52 valence electrons. The van der Waals surface area contributed by atoms with Crippen LogP contribution in [0.5, 0.6) is 0 Å². The first-order chi connectivity index (χ1) is 4.30. The number of esters is 1. The Kier molecular flexibility index (Phi) is 2.05. The van der Waals surface area contributed by atoms with E-state index in [0.717, 1.165) is 12.8 Å². The predicted molar refractivity (Wildman–Crippen MR) is 30.8 cm³/mol. The van der Waals surface area contributed by atoms with Crippen LogP contribution >= 0.6 is 0 Å². The minimum Gasteiger partial charge on any atom is -0.464 e. The fraction of sp³-hybridized carbons (Fsp3) is 0.833. The largest absolute Gasteiger partial charge is 0.464 e. The van der Waals surface area contributed by atoms with Crippen LogP contribution in [-0.4, -0.2) is 23.8 Å². The Labute approximate surface area is 53.6 Å². The van der Waals surface area contributed by atoms with Crippen molar-refractivity contribution in [3.63, 3.8) is 0 Å². The first-order valence-corrected chi connectivity index (χ1v) is 3.15. The molecule has 0 saturated carbocycles. The van der Waals surface area contributed by atoms with Gasteiger partial charge in [-0.15, -0.1) is 0 Å². The molecule has 0 aromatic carbocycles. The van der Waals surface area contributed by atoms with E-state index in [1.807, 2.05) is 0 Å². The van der Waals surface area contributed by atoms with Crippen molar-refractivity contribution in [1.82, 2.24) is 0 Å². The first kappa shape index (κ1) is 6.55. The summed E-state index contributed by atoms with van der Waals surface area (Å²) in [6.45, 7) is 0.468. The number of hydrogen-bond acceptors (Lipinski definition) is 3. The van der Waals surface area contributed by atoms with E-state index < -0.39 is 12.1 Å². The van der Waals surface area contributed by atoms with Crippen LogP contribution < -0.4 is 0 Å². The van der Waals surface area contributed by atoms with Gasteiger partial charge in [0.1, 0.15) is 0 Å². The molecule has 3 nitrogen and oxygen atoms in total.